The molecule has 0 aliphatic heterocycles. The van der Waals surface area contributed by atoms with Gasteiger partial charge in [-0.05, 0) is 6.07 Å². The Morgan fingerprint density at radius 2 is 2.19 bits per heavy atom. The standard InChI is InChI=1S/C9H8FNO5/c10-5-2-1-3-6(11(15)16)9(5)7(12)4-8(13)14/h1-3,7,12H,4H2,(H,13,14)/t7-/m0/s1. The summed E-state index contributed by atoms with van der Waals surface area (Å²) in [6, 6.07) is 3.04. The number of hydrogen-bond donors (Lipinski definition) is 2. The van der Waals surface area contributed by atoms with E-state index in [-0.39, 0.29) is 0 Å². The average molecular weight is 229 g/mol. The van der Waals surface area contributed by atoms with E-state index in [4.69, 9.17) is 5.11 Å². The second-order valence-corrected chi connectivity index (χ2v) is 3.04. The highest BCUT2D eigenvalue weighted by Gasteiger charge is 2.25. The van der Waals surface area contributed by atoms with Crippen LogP contribution < -0.4 is 0 Å². The Labute approximate surface area is 89.1 Å². The molecule has 0 saturated carbocycles. The number of carbonyl (C=O) groups is 1. The van der Waals surface area contributed by atoms with Crippen molar-refractivity contribution in [2.75, 3.05) is 0 Å². The van der Waals surface area contributed by atoms with Gasteiger partial charge < -0.3 is 10.2 Å². The maximum Gasteiger partial charge on any atom is 0.306 e. The summed E-state index contributed by atoms with van der Waals surface area (Å²) in [7, 11) is 0. The van der Waals surface area contributed by atoms with E-state index in [1.165, 1.54) is 0 Å². The summed E-state index contributed by atoms with van der Waals surface area (Å²) >= 11 is 0. The van der Waals surface area contributed by atoms with Crippen molar-refractivity contribution in [1.29, 1.82) is 0 Å². The summed E-state index contributed by atoms with van der Waals surface area (Å²) in [5.74, 6) is -2.37. The number of nitro benzene ring substituents is 1. The van der Waals surface area contributed by atoms with Gasteiger partial charge in [0.25, 0.3) is 5.69 Å². The Kier molecular flexibility index (Phi) is 3.51. The largest absolute Gasteiger partial charge is 0.481 e. The minimum Gasteiger partial charge on any atom is -0.481 e. The number of benzene rings is 1. The van der Waals surface area contributed by atoms with Gasteiger partial charge in [0.05, 0.1) is 23.0 Å². The van der Waals surface area contributed by atoms with Crippen LogP contribution in [0.1, 0.15) is 18.1 Å². The fourth-order valence-corrected chi connectivity index (χ4v) is 1.28. The number of carboxylic acid groups (broad SMARTS) is 1. The van der Waals surface area contributed by atoms with Crippen LogP contribution in [0, 0.1) is 15.9 Å². The molecule has 16 heavy (non-hydrogen) atoms. The molecule has 86 valence electrons. The number of aliphatic hydroxyl groups is 1. The number of nitro groups is 1. The minimum atomic E-state index is -1.74. The second kappa shape index (κ2) is 4.67. The van der Waals surface area contributed by atoms with Gasteiger partial charge in [0.1, 0.15) is 5.82 Å². The van der Waals surface area contributed by atoms with Crippen LogP contribution in [0.5, 0.6) is 0 Å². The zero-order chi connectivity index (χ0) is 12.3. The van der Waals surface area contributed by atoms with Crippen LogP contribution in [0.4, 0.5) is 10.1 Å². The van der Waals surface area contributed by atoms with E-state index in [1.807, 2.05) is 0 Å². The van der Waals surface area contributed by atoms with Crippen LogP contribution in [-0.4, -0.2) is 21.1 Å². The summed E-state index contributed by atoms with van der Waals surface area (Å²) in [5.41, 5.74) is -1.23. The van der Waals surface area contributed by atoms with Crippen molar-refractivity contribution in [2.24, 2.45) is 0 Å². The molecule has 0 fully saturated rings. The van der Waals surface area contributed by atoms with Crippen molar-refractivity contribution in [3.63, 3.8) is 0 Å². The molecular weight excluding hydrogens is 221 g/mol. The molecule has 0 radical (unpaired) electrons. The SMILES string of the molecule is O=C(O)C[C@H](O)c1c(F)cccc1[N+](=O)[O-]. The Bertz CT molecular complexity index is 434. The third kappa shape index (κ3) is 2.51. The molecule has 0 saturated heterocycles. The predicted molar refractivity (Wildman–Crippen MR) is 50.3 cm³/mol. The Morgan fingerprint density at radius 3 is 2.69 bits per heavy atom. The summed E-state index contributed by atoms with van der Waals surface area (Å²) in [4.78, 5) is 20.0. The molecule has 1 atom stereocenters. The molecule has 0 aromatic heterocycles. The molecule has 1 aromatic carbocycles. The lowest BCUT2D eigenvalue weighted by molar-refractivity contribution is -0.386. The van der Waals surface area contributed by atoms with Crippen molar-refractivity contribution >= 4 is 11.7 Å². The van der Waals surface area contributed by atoms with E-state index < -0.39 is 40.5 Å². The number of rotatable bonds is 4. The van der Waals surface area contributed by atoms with Gasteiger partial charge in [-0.1, -0.05) is 6.07 Å². The Hall–Kier alpha value is -2.02. The van der Waals surface area contributed by atoms with Crippen LogP contribution in [0.3, 0.4) is 0 Å². The van der Waals surface area contributed by atoms with Gasteiger partial charge in [-0.3, -0.25) is 14.9 Å². The fourth-order valence-electron chi connectivity index (χ4n) is 1.28. The van der Waals surface area contributed by atoms with Crippen molar-refractivity contribution < 1.29 is 24.3 Å². The molecule has 1 aromatic rings. The van der Waals surface area contributed by atoms with E-state index in [1.54, 1.807) is 0 Å². The zero-order valence-corrected chi connectivity index (χ0v) is 7.96. The fraction of sp³-hybridized carbons (Fsp3) is 0.222. The van der Waals surface area contributed by atoms with Crippen molar-refractivity contribution in [1.82, 2.24) is 0 Å². The topological polar surface area (TPSA) is 101 Å². The summed E-state index contributed by atoms with van der Waals surface area (Å²) in [6.07, 6.45) is -2.53. The number of aliphatic hydroxyl groups excluding tert-OH is 1. The number of nitrogens with zero attached hydrogens (tertiary/aromatic N) is 1. The first-order valence-electron chi connectivity index (χ1n) is 4.26. The monoisotopic (exact) mass is 229 g/mol. The quantitative estimate of drug-likeness (QED) is 0.597. The van der Waals surface area contributed by atoms with E-state index in [0.717, 1.165) is 18.2 Å². The third-order valence-corrected chi connectivity index (χ3v) is 1.93. The minimum absolute atomic E-state index is 0.602. The van der Waals surface area contributed by atoms with Crippen molar-refractivity contribution in [2.45, 2.75) is 12.5 Å². The first kappa shape index (κ1) is 12.1. The van der Waals surface area contributed by atoms with Gasteiger partial charge >= 0.3 is 5.97 Å². The van der Waals surface area contributed by atoms with Gasteiger partial charge in [-0.25, -0.2) is 4.39 Å². The molecule has 0 spiro atoms. The van der Waals surface area contributed by atoms with E-state index in [0.29, 0.717) is 0 Å². The highest BCUT2D eigenvalue weighted by atomic mass is 19.1. The Morgan fingerprint density at radius 1 is 1.56 bits per heavy atom. The summed E-state index contributed by atoms with van der Waals surface area (Å²) in [5, 5.41) is 28.3. The van der Waals surface area contributed by atoms with Gasteiger partial charge in [-0.15, -0.1) is 0 Å². The van der Waals surface area contributed by atoms with Crippen LogP contribution in [0.2, 0.25) is 0 Å². The number of halogens is 1. The first-order chi connectivity index (χ1) is 7.43. The lowest BCUT2D eigenvalue weighted by Crippen LogP contribution is -2.09. The highest BCUT2D eigenvalue weighted by Crippen LogP contribution is 2.29. The Balaban J connectivity index is 3.19. The molecule has 1 rings (SSSR count). The molecule has 0 amide bonds. The first-order valence-corrected chi connectivity index (χ1v) is 4.26. The molecule has 0 heterocycles. The van der Waals surface area contributed by atoms with Crippen molar-refractivity contribution in [3.8, 4) is 0 Å². The molecule has 6 nitrogen and oxygen atoms in total. The van der Waals surface area contributed by atoms with Gasteiger partial charge in [0.15, 0.2) is 0 Å². The molecule has 2 N–H and O–H groups in total. The molecule has 0 aliphatic rings. The zero-order valence-electron chi connectivity index (χ0n) is 7.96. The van der Waals surface area contributed by atoms with Crippen LogP contribution in [0.15, 0.2) is 18.2 Å². The van der Waals surface area contributed by atoms with Crippen LogP contribution >= 0.6 is 0 Å². The molecule has 7 heteroatoms. The lowest BCUT2D eigenvalue weighted by Gasteiger charge is -2.09. The summed E-state index contributed by atoms with van der Waals surface area (Å²) in [6.45, 7) is 0. The third-order valence-electron chi connectivity index (χ3n) is 1.93. The summed E-state index contributed by atoms with van der Waals surface area (Å²) < 4.78 is 13.3. The van der Waals surface area contributed by atoms with Crippen LogP contribution in [-0.2, 0) is 4.79 Å². The molecule has 0 bridgehead atoms. The number of carboxylic acids is 1. The number of aliphatic carboxylic acids is 1. The normalized spacial score (nSPS) is 12.1. The average Bonchev–Trinajstić information content (AvgIpc) is 2.15. The highest BCUT2D eigenvalue weighted by molar-refractivity contribution is 5.68. The van der Waals surface area contributed by atoms with Crippen LogP contribution in [0.25, 0.3) is 0 Å². The van der Waals surface area contributed by atoms with E-state index >= 15 is 0 Å². The van der Waals surface area contributed by atoms with E-state index in [9.17, 15) is 24.4 Å². The van der Waals surface area contributed by atoms with E-state index in [2.05, 4.69) is 0 Å². The molecule has 0 aliphatic carbocycles. The van der Waals surface area contributed by atoms with Gasteiger partial charge in [0.2, 0.25) is 0 Å². The molecule has 0 unspecified atom stereocenters. The lowest BCUT2D eigenvalue weighted by atomic mass is 10.0. The number of hydrogen-bond acceptors (Lipinski definition) is 4. The predicted octanol–water partition coefficient (Wildman–Crippen LogP) is 1.24. The van der Waals surface area contributed by atoms with Crippen molar-refractivity contribution in [3.05, 3.63) is 39.7 Å². The van der Waals surface area contributed by atoms with Gasteiger partial charge in [-0.2, -0.15) is 0 Å². The van der Waals surface area contributed by atoms with Gasteiger partial charge in [0, 0.05) is 6.07 Å². The smallest absolute Gasteiger partial charge is 0.306 e. The second-order valence-electron chi connectivity index (χ2n) is 3.04. The molecular formula is C9H8FNO5. The maximum absolute atomic E-state index is 13.3. The maximum atomic E-state index is 13.3.